The summed E-state index contributed by atoms with van der Waals surface area (Å²) < 4.78 is 0. The van der Waals surface area contributed by atoms with Crippen LogP contribution in [-0.2, 0) is 16.0 Å². The Morgan fingerprint density at radius 3 is 2.29 bits per heavy atom. The number of para-hydroxylation sites is 1. The standard InChI is InChI=1S/C16H25N3O2/c1-4-19(5-2)16(21)12-18(3)15(20)11-10-13-8-6-7-9-14(13)17/h6-9H,4-5,10-12,17H2,1-3H3. The Hall–Kier alpha value is -2.04. The summed E-state index contributed by atoms with van der Waals surface area (Å²) in [6.07, 6.45) is 0.950. The van der Waals surface area contributed by atoms with E-state index in [-0.39, 0.29) is 18.4 Å². The molecule has 0 spiro atoms. The molecule has 116 valence electrons. The molecule has 5 heteroatoms. The summed E-state index contributed by atoms with van der Waals surface area (Å²) in [5, 5.41) is 0. The molecule has 1 rings (SSSR count). The van der Waals surface area contributed by atoms with Gasteiger partial charge in [0, 0.05) is 32.2 Å². The van der Waals surface area contributed by atoms with E-state index in [0.717, 1.165) is 5.56 Å². The van der Waals surface area contributed by atoms with Gasteiger partial charge in [0.05, 0.1) is 6.54 Å². The fourth-order valence-corrected chi connectivity index (χ4v) is 2.16. The SMILES string of the molecule is CCN(CC)C(=O)CN(C)C(=O)CCc1ccccc1N. The number of nitrogens with two attached hydrogens (primary N) is 1. The first-order chi connectivity index (χ1) is 9.99. The van der Waals surface area contributed by atoms with Gasteiger partial charge < -0.3 is 15.5 Å². The first kappa shape index (κ1) is 17.0. The van der Waals surface area contributed by atoms with Crippen molar-refractivity contribution in [3.8, 4) is 0 Å². The van der Waals surface area contributed by atoms with Crippen molar-refractivity contribution in [2.75, 3.05) is 32.4 Å². The monoisotopic (exact) mass is 291 g/mol. The fraction of sp³-hybridized carbons (Fsp3) is 0.500. The van der Waals surface area contributed by atoms with E-state index in [1.54, 1.807) is 11.9 Å². The lowest BCUT2D eigenvalue weighted by molar-refractivity contribution is -0.139. The fourth-order valence-electron chi connectivity index (χ4n) is 2.16. The van der Waals surface area contributed by atoms with Crippen molar-refractivity contribution in [2.24, 2.45) is 0 Å². The molecule has 1 aromatic rings. The van der Waals surface area contributed by atoms with Crippen LogP contribution in [0.25, 0.3) is 0 Å². The highest BCUT2D eigenvalue weighted by Crippen LogP contribution is 2.13. The number of likely N-dealkylation sites (N-methyl/N-ethyl adjacent to an activating group) is 2. The Kier molecular flexibility index (Phi) is 6.72. The zero-order chi connectivity index (χ0) is 15.8. The number of anilines is 1. The van der Waals surface area contributed by atoms with Crippen molar-refractivity contribution in [2.45, 2.75) is 26.7 Å². The molecule has 21 heavy (non-hydrogen) atoms. The van der Waals surface area contributed by atoms with E-state index in [1.165, 1.54) is 4.90 Å². The summed E-state index contributed by atoms with van der Waals surface area (Å²) in [5.41, 5.74) is 7.52. The smallest absolute Gasteiger partial charge is 0.242 e. The van der Waals surface area contributed by atoms with E-state index in [1.807, 2.05) is 38.1 Å². The molecule has 0 fully saturated rings. The molecule has 0 saturated carbocycles. The maximum absolute atomic E-state index is 12.1. The molecule has 2 N–H and O–H groups in total. The minimum absolute atomic E-state index is 0.0184. The molecule has 0 unspecified atom stereocenters. The van der Waals surface area contributed by atoms with Gasteiger partial charge in [0.25, 0.3) is 0 Å². The van der Waals surface area contributed by atoms with E-state index in [2.05, 4.69) is 0 Å². The molecule has 0 bridgehead atoms. The second-order valence-electron chi connectivity index (χ2n) is 5.01. The quantitative estimate of drug-likeness (QED) is 0.775. The molecule has 0 atom stereocenters. The normalized spacial score (nSPS) is 10.2. The number of nitrogen functional groups attached to an aromatic ring is 1. The number of rotatable bonds is 7. The molecule has 0 aliphatic carbocycles. The van der Waals surface area contributed by atoms with Gasteiger partial charge >= 0.3 is 0 Å². The van der Waals surface area contributed by atoms with Crippen LogP contribution >= 0.6 is 0 Å². The largest absolute Gasteiger partial charge is 0.399 e. The van der Waals surface area contributed by atoms with Crippen LogP contribution in [0.2, 0.25) is 0 Å². The minimum Gasteiger partial charge on any atom is -0.399 e. The summed E-state index contributed by atoms with van der Waals surface area (Å²) >= 11 is 0. The summed E-state index contributed by atoms with van der Waals surface area (Å²) in [6, 6.07) is 7.52. The number of benzene rings is 1. The van der Waals surface area contributed by atoms with Gasteiger partial charge in [-0.15, -0.1) is 0 Å². The van der Waals surface area contributed by atoms with Crippen LogP contribution in [0.1, 0.15) is 25.8 Å². The molecule has 2 amide bonds. The molecule has 5 nitrogen and oxygen atoms in total. The highest BCUT2D eigenvalue weighted by atomic mass is 16.2. The van der Waals surface area contributed by atoms with Crippen molar-refractivity contribution in [3.05, 3.63) is 29.8 Å². The van der Waals surface area contributed by atoms with E-state index < -0.39 is 0 Å². The van der Waals surface area contributed by atoms with Gasteiger partial charge in [-0.2, -0.15) is 0 Å². The lowest BCUT2D eigenvalue weighted by Crippen LogP contribution is -2.41. The van der Waals surface area contributed by atoms with Gasteiger partial charge in [0.1, 0.15) is 0 Å². The molecule has 1 aromatic carbocycles. The van der Waals surface area contributed by atoms with Crippen molar-refractivity contribution in [3.63, 3.8) is 0 Å². The maximum Gasteiger partial charge on any atom is 0.242 e. The van der Waals surface area contributed by atoms with E-state index in [9.17, 15) is 9.59 Å². The summed E-state index contributed by atoms with van der Waals surface area (Å²) in [7, 11) is 1.66. The van der Waals surface area contributed by atoms with Crippen LogP contribution in [-0.4, -0.2) is 48.3 Å². The Balaban J connectivity index is 2.48. The summed E-state index contributed by atoms with van der Waals surface area (Å²) in [4.78, 5) is 27.2. The summed E-state index contributed by atoms with van der Waals surface area (Å²) in [5.74, 6) is -0.0613. The predicted molar refractivity (Wildman–Crippen MR) is 84.7 cm³/mol. The number of aryl methyl sites for hydroxylation is 1. The molecular formula is C16H25N3O2. The third kappa shape index (κ3) is 5.10. The van der Waals surface area contributed by atoms with Crippen LogP contribution in [0.4, 0.5) is 5.69 Å². The topological polar surface area (TPSA) is 66.6 Å². The number of hydrogen-bond acceptors (Lipinski definition) is 3. The average molecular weight is 291 g/mol. The molecule has 0 saturated heterocycles. The Bertz CT molecular complexity index is 484. The number of carbonyl (C=O) groups is 2. The van der Waals surface area contributed by atoms with Crippen LogP contribution < -0.4 is 5.73 Å². The van der Waals surface area contributed by atoms with Gasteiger partial charge in [-0.3, -0.25) is 9.59 Å². The average Bonchev–Trinajstić information content (AvgIpc) is 2.47. The number of hydrogen-bond donors (Lipinski definition) is 1. The lowest BCUT2D eigenvalue weighted by Gasteiger charge is -2.23. The number of nitrogens with zero attached hydrogens (tertiary/aromatic N) is 2. The molecule has 0 heterocycles. The number of carbonyl (C=O) groups excluding carboxylic acids is 2. The minimum atomic E-state index is -0.0428. The zero-order valence-electron chi connectivity index (χ0n) is 13.1. The van der Waals surface area contributed by atoms with Crippen molar-refractivity contribution in [1.29, 1.82) is 0 Å². The van der Waals surface area contributed by atoms with Crippen molar-refractivity contribution in [1.82, 2.24) is 9.80 Å². The van der Waals surface area contributed by atoms with Gasteiger partial charge in [0.2, 0.25) is 11.8 Å². The molecule has 0 aliphatic heterocycles. The Labute approximate surface area is 126 Å². The van der Waals surface area contributed by atoms with Crippen molar-refractivity contribution < 1.29 is 9.59 Å². The second kappa shape index (κ2) is 8.29. The Morgan fingerprint density at radius 1 is 1.10 bits per heavy atom. The highest BCUT2D eigenvalue weighted by molar-refractivity contribution is 5.84. The van der Waals surface area contributed by atoms with E-state index in [4.69, 9.17) is 5.73 Å². The zero-order valence-corrected chi connectivity index (χ0v) is 13.1. The van der Waals surface area contributed by atoms with Gasteiger partial charge in [0.15, 0.2) is 0 Å². The first-order valence-electron chi connectivity index (χ1n) is 7.34. The molecule has 0 aromatic heterocycles. The van der Waals surface area contributed by atoms with Gasteiger partial charge in [-0.05, 0) is 31.9 Å². The maximum atomic E-state index is 12.1. The third-order valence-corrected chi connectivity index (χ3v) is 3.58. The molecule has 0 aliphatic rings. The van der Waals surface area contributed by atoms with Gasteiger partial charge in [-0.1, -0.05) is 18.2 Å². The van der Waals surface area contributed by atoms with Crippen LogP contribution in [0.3, 0.4) is 0 Å². The summed E-state index contributed by atoms with van der Waals surface area (Å²) in [6.45, 7) is 5.32. The lowest BCUT2D eigenvalue weighted by atomic mass is 10.1. The Morgan fingerprint density at radius 2 is 1.71 bits per heavy atom. The van der Waals surface area contributed by atoms with E-state index >= 15 is 0 Å². The molecular weight excluding hydrogens is 266 g/mol. The van der Waals surface area contributed by atoms with Gasteiger partial charge in [-0.25, -0.2) is 0 Å². The molecule has 0 radical (unpaired) electrons. The van der Waals surface area contributed by atoms with E-state index in [0.29, 0.717) is 31.6 Å². The van der Waals surface area contributed by atoms with Crippen LogP contribution in [0.5, 0.6) is 0 Å². The van der Waals surface area contributed by atoms with Crippen LogP contribution in [0, 0.1) is 0 Å². The predicted octanol–water partition coefficient (Wildman–Crippen LogP) is 1.53. The highest BCUT2D eigenvalue weighted by Gasteiger charge is 2.16. The third-order valence-electron chi connectivity index (χ3n) is 3.58. The first-order valence-corrected chi connectivity index (χ1v) is 7.34. The second-order valence-corrected chi connectivity index (χ2v) is 5.01. The van der Waals surface area contributed by atoms with Crippen molar-refractivity contribution >= 4 is 17.5 Å². The van der Waals surface area contributed by atoms with Crippen LogP contribution in [0.15, 0.2) is 24.3 Å². The number of amides is 2.